The normalized spacial score (nSPS) is 12.2. The number of hydrogen-bond donors (Lipinski definition) is 3. The van der Waals surface area contributed by atoms with Gasteiger partial charge in [-0.15, -0.1) is 0 Å². The lowest BCUT2D eigenvalue weighted by atomic mass is 10.0. The van der Waals surface area contributed by atoms with Crippen molar-refractivity contribution in [2.45, 2.75) is 58.3 Å². The molecule has 0 unspecified atom stereocenters. The molecular weight excluding hydrogens is 523 g/mol. The molecule has 3 amide bonds. The minimum atomic E-state index is -0.880. The zero-order valence-corrected chi connectivity index (χ0v) is 23.9. The minimum absolute atomic E-state index is 0.0795. The van der Waals surface area contributed by atoms with Crippen LogP contribution >= 0.6 is 0 Å². The summed E-state index contributed by atoms with van der Waals surface area (Å²) < 4.78 is 19.7. The van der Waals surface area contributed by atoms with E-state index in [2.05, 4.69) is 10.6 Å². The summed E-state index contributed by atoms with van der Waals surface area (Å²) in [4.78, 5) is 41.1. The second-order valence-electron chi connectivity index (χ2n) is 9.76. The first-order chi connectivity index (χ1) is 19.7. The smallest absolute Gasteiger partial charge is 0.245 e. The number of nitrogens with zero attached hydrogens (tertiary/aromatic N) is 1. The van der Waals surface area contributed by atoms with Gasteiger partial charge < -0.3 is 26.0 Å². The van der Waals surface area contributed by atoms with Gasteiger partial charge in [0.2, 0.25) is 17.7 Å². The highest BCUT2D eigenvalue weighted by atomic mass is 19.1. The van der Waals surface area contributed by atoms with E-state index in [4.69, 9.17) is 10.5 Å². The summed E-state index contributed by atoms with van der Waals surface area (Å²) in [5, 5.41) is 5.67. The second-order valence-corrected chi connectivity index (χ2v) is 9.76. The first kappa shape index (κ1) is 31.3. The summed E-state index contributed by atoms with van der Waals surface area (Å²) in [7, 11) is 1.56. The van der Waals surface area contributed by atoms with Crippen molar-refractivity contribution in [2.75, 3.05) is 13.7 Å². The summed E-state index contributed by atoms with van der Waals surface area (Å²) in [6, 6.07) is 19.6. The van der Waals surface area contributed by atoms with Crippen LogP contribution in [0.1, 0.15) is 42.5 Å². The van der Waals surface area contributed by atoms with Crippen LogP contribution < -0.4 is 21.1 Å². The number of nitrogens with two attached hydrogens (primary N) is 1. The lowest BCUT2D eigenvalue weighted by Gasteiger charge is -2.31. The van der Waals surface area contributed by atoms with E-state index in [-0.39, 0.29) is 38.3 Å². The molecule has 218 valence electrons. The number of benzene rings is 3. The summed E-state index contributed by atoms with van der Waals surface area (Å²) in [5.74, 6) is -0.776. The van der Waals surface area contributed by atoms with Crippen LogP contribution in [0, 0.1) is 5.82 Å². The molecule has 9 heteroatoms. The van der Waals surface area contributed by atoms with E-state index < -0.39 is 29.7 Å². The van der Waals surface area contributed by atoms with Crippen molar-refractivity contribution in [3.63, 3.8) is 0 Å². The van der Waals surface area contributed by atoms with E-state index in [1.165, 1.54) is 11.0 Å². The SMILES string of the molecule is CCOc1ccc(C[C@@H](NC(=O)CC)C(=O)N(C)[C@@H](Cc2ccccc2)C(=O)NCc2ccc(CN)c(F)c2)cc1. The summed E-state index contributed by atoms with van der Waals surface area (Å²) in [6.07, 6.45) is 0.713. The summed E-state index contributed by atoms with van der Waals surface area (Å²) >= 11 is 0. The Labute approximate surface area is 241 Å². The molecule has 41 heavy (non-hydrogen) atoms. The molecule has 3 rings (SSSR count). The third kappa shape index (κ3) is 9.14. The molecule has 8 nitrogen and oxygen atoms in total. The van der Waals surface area contributed by atoms with E-state index >= 15 is 0 Å². The largest absolute Gasteiger partial charge is 0.494 e. The Bertz CT molecular complexity index is 1300. The molecule has 3 aromatic rings. The Kier molecular flexibility index (Phi) is 11.8. The molecule has 3 aromatic carbocycles. The fraction of sp³-hybridized carbons (Fsp3) is 0.344. The molecule has 0 saturated heterocycles. The molecule has 0 aliphatic heterocycles. The van der Waals surface area contributed by atoms with E-state index in [9.17, 15) is 18.8 Å². The van der Waals surface area contributed by atoms with Crippen LogP contribution in [0.15, 0.2) is 72.8 Å². The van der Waals surface area contributed by atoms with Gasteiger partial charge >= 0.3 is 0 Å². The molecule has 0 radical (unpaired) electrons. The van der Waals surface area contributed by atoms with Crippen LogP contribution in [-0.4, -0.2) is 48.4 Å². The Hall–Kier alpha value is -4.24. The van der Waals surface area contributed by atoms with Gasteiger partial charge in [-0.3, -0.25) is 14.4 Å². The van der Waals surface area contributed by atoms with Gasteiger partial charge in [-0.1, -0.05) is 61.5 Å². The van der Waals surface area contributed by atoms with Gasteiger partial charge in [-0.25, -0.2) is 4.39 Å². The maximum absolute atomic E-state index is 14.2. The Balaban J connectivity index is 1.82. The number of halogens is 1. The van der Waals surface area contributed by atoms with Gasteiger partial charge in [-0.05, 0) is 41.8 Å². The van der Waals surface area contributed by atoms with Crippen molar-refractivity contribution in [2.24, 2.45) is 5.73 Å². The molecule has 0 heterocycles. The lowest BCUT2D eigenvalue weighted by Crippen LogP contribution is -2.55. The van der Waals surface area contributed by atoms with Crippen molar-refractivity contribution in [3.8, 4) is 5.75 Å². The lowest BCUT2D eigenvalue weighted by molar-refractivity contribution is -0.141. The predicted octanol–water partition coefficient (Wildman–Crippen LogP) is 3.51. The number of amides is 3. The number of rotatable bonds is 14. The van der Waals surface area contributed by atoms with Crippen molar-refractivity contribution < 1.29 is 23.5 Å². The van der Waals surface area contributed by atoms with Gasteiger partial charge in [-0.2, -0.15) is 0 Å². The topological polar surface area (TPSA) is 114 Å². The van der Waals surface area contributed by atoms with Gasteiger partial charge in [0.15, 0.2) is 0 Å². The van der Waals surface area contributed by atoms with Crippen LogP contribution in [0.3, 0.4) is 0 Å². The van der Waals surface area contributed by atoms with Crippen LogP contribution in [0.25, 0.3) is 0 Å². The quantitative estimate of drug-likeness (QED) is 0.278. The molecule has 0 saturated carbocycles. The average Bonchev–Trinajstić information content (AvgIpc) is 2.99. The third-order valence-electron chi connectivity index (χ3n) is 6.82. The fourth-order valence-corrected chi connectivity index (χ4v) is 4.44. The molecule has 4 N–H and O–H groups in total. The van der Waals surface area contributed by atoms with Crippen molar-refractivity contribution in [1.29, 1.82) is 0 Å². The number of likely N-dealkylation sites (N-methyl/N-ethyl adjacent to an activating group) is 1. The summed E-state index contributed by atoms with van der Waals surface area (Å²) in [5.41, 5.74) is 8.22. The van der Waals surface area contributed by atoms with Crippen LogP contribution in [0.2, 0.25) is 0 Å². The first-order valence-electron chi connectivity index (χ1n) is 13.8. The average molecular weight is 563 g/mol. The zero-order valence-electron chi connectivity index (χ0n) is 23.9. The van der Waals surface area contributed by atoms with E-state index in [0.29, 0.717) is 23.5 Å². The number of ether oxygens (including phenoxy) is 1. The Morgan fingerprint density at radius 2 is 1.59 bits per heavy atom. The van der Waals surface area contributed by atoms with E-state index in [0.717, 1.165) is 11.1 Å². The van der Waals surface area contributed by atoms with Crippen molar-refractivity contribution in [1.82, 2.24) is 15.5 Å². The van der Waals surface area contributed by atoms with Crippen LogP contribution in [0.5, 0.6) is 5.75 Å². The van der Waals surface area contributed by atoms with E-state index in [1.807, 2.05) is 61.5 Å². The molecule has 0 aliphatic carbocycles. The number of carbonyl (C=O) groups excluding carboxylic acids is 3. The van der Waals surface area contributed by atoms with Gasteiger partial charge in [0.25, 0.3) is 0 Å². The summed E-state index contributed by atoms with van der Waals surface area (Å²) in [6.45, 7) is 4.31. The highest BCUT2D eigenvalue weighted by Crippen LogP contribution is 2.16. The van der Waals surface area contributed by atoms with Crippen molar-refractivity contribution >= 4 is 17.7 Å². The number of hydrogen-bond acceptors (Lipinski definition) is 5. The Morgan fingerprint density at radius 1 is 0.927 bits per heavy atom. The Morgan fingerprint density at radius 3 is 2.20 bits per heavy atom. The fourth-order valence-electron chi connectivity index (χ4n) is 4.44. The second kappa shape index (κ2) is 15.5. The van der Waals surface area contributed by atoms with Gasteiger partial charge in [0.05, 0.1) is 6.61 Å². The third-order valence-corrected chi connectivity index (χ3v) is 6.82. The van der Waals surface area contributed by atoms with Crippen molar-refractivity contribution in [3.05, 3.63) is 101 Å². The molecule has 0 fully saturated rings. The molecule has 2 atom stereocenters. The van der Waals surface area contributed by atoms with Crippen LogP contribution in [-0.2, 0) is 40.3 Å². The van der Waals surface area contributed by atoms with E-state index in [1.54, 1.807) is 26.1 Å². The monoisotopic (exact) mass is 562 g/mol. The maximum Gasteiger partial charge on any atom is 0.245 e. The molecule has 0 spiro atoms. The molecule has 0 aliphatic rings. The standard InChI is InChI=1S/C32H39FN4O4/c1-4-30(38)36-28(18-23-12-15-26(16-13-23)41-5-2)32(40)37(3)29(19-22-9-7-6-8-10-22)31(39)35-21-24-11-14-25(20-34)27(33)17-24/h6-17,28-29H,4-5,18-21,34H2,1-3H3,(H,35,39)(H,36,38)/t28-,29+/m1/s1. The first-order valence-corrected chi connectivity index (χ1v) is 13.8. The maximum atomic E-state index is 14.2. The zero-order chi connectivity index (χ0) is 29.8. The molecule has 0 bridgehead atoms. The number of carbonyl (C=O) groups is 3. The molecule has 0 aromatic heterocycles. The highest BCUT2D eigenvalue weighted by molar-refractivity contribution is 5.92. The van der Waals surface area contributed by atoms with Crippen LogP contribution in [0.4, 0.5) is 4.39 Å². The van der Waals surface area contributed by atoms with Gasteiger partial charge in [0, 0.05) is 45.0 Å². The molecular formula is C32H39FN4O4. The van der Waals surface area contributed by atoms with Gasteiger partial charge in [0.1, 0.15) is 23.7 Å². The number of nitrogens with one attached hydrogen (secondary N) is 2. The minimum Gasteiger partial charge on any atom is -0.494 e. The predicted molar refractivity (Wildman–Crippen MR) is 156 cm³/mol. The highest BCUT2D eigenvalue weighted by Gasteiger charge is 2.32.